The second-order valence-corrected chi connectivity index (χ2v) is 8.41. The SMILES string of the molecule is CN(C)C(=O)C1(CN2C(=O)C[C@@H]3Cc4ccccc4CN3C2=O)CCCC1. The largest absolute Gasteiger partial charge is 0.348 e. The molecule has 1 atom stereocenters. The number of benzene rings is 1. The van der Waals surface area contributed by atoms with E-state index in [2.05, 4.69) is 6.07 Å². The Labute approximate surface area is 160 Å². The summed E-state index contributed by atoms with van der Waals surface area (Å²) in [6.45, 7) is 0.755. The minimum atomic E-state index is -0.616. The number of imide groups is 1. The molecule has 0 radical (unpaired) electrons. The average Bonchev–Trinajstić information content (AvgIpc) is 3.13. The van der Waals surface area contributed by atoms with Crippen LogP contribution in [0.4, 0.5) is 4.79 Å². The summed E-state index contributed by atoms with van der Waals surface area (Å²) in [4.78, 5) is 43.7. The zero-order valence-corrected chi connectivity index (χ0v) is 16.1. The number of carbonyl (C=O) groups excluding carboxylic acids is 3. The smallest absolute Gasteiger partial charge is 0.327 e. The molecule has 1 saturated carbocycles. The maximum atomic E-state index is 13.2. The zero-order chi connectivity index (χ0) is 19.2. The van der Waals surface area contributed by atoms with Crippen molar-refractivity contribution in [2.24, 2.45) is 5.41 Å². The summed E-state index contributed by atoms with van der Waals surface area (Å²) in [5, 5.41) is 0. The number of carbonyl (C=O) groups is 3. The highest BCUT2D eigenvalue weighted by Crippen LogP contribution is 2.41. The van der Waals surface area contributed by atoms with Gasteiger partial charge in [-0.25, -0.2) is 4.79 Å². The van der Waals surface area contributed by atoms with Crippen LogP contribution < -0.4 is 0 Å². The fourth-order valence-corrected chi connectivity index (χ4v) is 4.99. The summed E-state index contributed by atoms with van der Waals surface area (Å²) in [7, 11) is 3.50. The fraction of sp³-hybridized carbons (Fsp3) is 0.571. The average molecular weight is 369 g/mol. The molecule has 4 rings (SSSR count). The van der Waals surface area contributed by atoms with Crippen LogP contribution in [0.5, 0.6) is 0 Å². The van der Waals surface area contributed by atoms with Gasteiger partial charge in [0.15, 0.2) is 0 Å². The van der Waals surface area contributed by atoms with Crippen LogP contribution in [0.15, 0.2) is 24.3 Å². The standard InChI is InChI=1S/C21H27N3O3/c1-22(2)19(26)21(9-5-6-10-21)14-24-18(25)12-17-11-15-7-3-4-8-16(15)13-23(17)20(24)27/h3-4,7-8,17H,5-6,9-14H2,1-2H3/t17-/m0/s1. The molecule has 1 saturated heterocycles. The van der Waals surface area contributed by atoms with Crippen LogP contribution in [0, 0.1) is 5.41 Å². The van der Waals surface area contributed by atoms with Gasteiger partial charge >= 0.3 is 6.03 Å². The number of nitrogens with zero attached hydrogens (tertiary/aromatic N) is 3. The first-order valence-corrected chi connectivity index (χ1v) is 9.81. The maximum Gasteiger partial charge on any atom is 0.327 e. The molecule has 2 fully saturated rings. The summed E-state index contributed by atoms with van der Waals surface area (Å²) < 4.78 is 0. The molecule has 1 aliphatic carbocycles. The zero-order valence-electron chi connectivity index (χ0n) is 16.1. The normalized spacial score (nSPS) is 23.9. The summed E-state index contributed by atoms with van der Waals surface area (Å²) in [6.07, 6.45) is 4.49. The predicted octanol–water partition coefficient (Wildman–Crippen LogP) is 2.41. The van der Waals surface area contributed by atoms with Gasteiger partial charge in [-0.2, -0.15) is 0 Å². The van der Waals surface area contributed by atoms with Gasteiger partial charge < -0.3 is 9.80 Å². The van der Waals surface area contributed by atoms with Crippen molar-refractivity contribution < 1.29 is 14.4 Å². The number of amides is 4. The van der Waals surface area contributed by atoms with Crippen LogP contribution >= 0.6 is 0 Å². The third kappa shape index (κ3) is 3.01. The monoisotopic (exact) mass is 369 g/mol. The van der Waals surface area contributed by atoms with Crippen LogP contribution in [0.3, 0.4) is 0 Å². The van der Waals surface area contributed by atoms with Crippen molar-refractivity contribution in [2.45, 2.75) is 51.1 Å². The third-order valence-electron chi connectivity index (χ3n) is 6.42. The second kappa shape index (κ2) is 6.66. The number of hydrogen-bond acceptors (Lipinski definition) is 3. The molecule has 0 aromatic heterocycles. The molecule has 0 bridgehead atoms. The molecule has 1 aromatic carbocycles. The van der Waals surface area contributed by atoms with Gasteiger partial charge in [-0.3, -0.25) is 14.5 Å². The van der Waals surface area contributed by atoms with E-state index in [-0.39, 0.29) is 30.4 Å². The van der Waals surface area contributed by atoms with E-state index >= 15 is 0 Å². The van der Waals surface area contributed by atoms with Crippen molar-refractivity contribution in [1.29, 1.82) is 0 Å². The van der Waals surface area contributed by atoms with Crippen LogP contribution in [-0.2, 0) is 22.6 Å². The minimum absolute atomic E-state index is 0.0340. The number of urea groups is 1. The Morgan fingerprint density at radius 2 is 1.78 bits per heavy atom. The van der Waals surface area contributed by atoms with E-state index < -0.39 is 5.41 Å². The van der Waals surface area contributed by atoms with Gasteiger partial charge in [0, 0.05) is 39.6 Å². The lowest BCUT2D eigenvalue weighted by molar-refractivity contribution is -0.143. The molecular weight excluding hydrogens is 342 g/mol. The lowest BCUT2D eigenvalue weighted by Gasteiger charge is -2.45. The number of fused-ring (bicyclic) bond motifs is 2. The molecule has 3 aliphatic rings. The first-order chi connectivity index (χ1) is 12.9. The number of hydrogen-bond donors (Lipinski definition) is 0. The summed E-state index contributed by atoms with van der Waals surface area (Å²) in [5.41, 5.74) is 1.76. The Kier molecular flexibility index (Phi) is 4.44. The van der Waals surface area contributed by atoms with Gasteiger partial charge in [0.05, 0.1) is 5.41 Å². The van der Waals surface area contributed by atoms with E-state index in [4.69, 9.17) is 0 Å². The van der Waals surface area contributed by atoms with Gasteiger partial charge in [0.1, 0.15) is 0 Å². The summed E-state index contributed by atoms with van der Waals surface area (Å²) in [6, 6.07) is 7.82. The van der Waals surface area contributed by atoms with Gasteiger partial charge in [-0.05, 0) is 30.4 Å². The van der Waals surface area contributed by atoms with Crippen molar-refractivity contribution in [3.63, 3.8) is 0 Å². The van der Waals surface area contributed by atoms with E-state index in [0.717, 1.165) is 37.7 Å². The van der Waals surface area contributed by atoms with Crippen LogP contribution in [0.1, 0.15) is 43.2 Å². The predicted molar refractivity (Wildman–Crippen MR) is 101 cm³/mol. The molecule has 0 unspecified atom stereocenters. The lowest BCUT2D eigenvalue weighted by atomic mass is 9.83. The van der Waals surface area contributed by atoms with Gasteiger partial charge in [-0.15, -0.1) is 0 Å². The highest BCUT2D eigenvalue weighted by Gasteiger charge is 2.49. The molecule has 6 heteroatoms. The van der Waals surface area contributed by atoms with E-state index in [9.17, 15) is 14.4 Å². The third-order valence-corrected chi connectivity index (χ3v) is 6.42. The van der Waals surface area contributed by atoms with Crippen molar-refractivity contribution in [1.82, 2.24) is 14.7 Å². The topological polar surface area (TPSA) is 60.9 Å². The van der Waals surface area contributed by atoms with Gasteiger partial charge in [-0.1, -0.05) is 37.1 Å². The summed E-state index contributed by atoms with van der Waals surface area (Å²) in [5.74, 6) is -0.106. The molecule has 0 N–H and O–H groups in total. The lowest BCUT2D eigenvalue weighted by Crippen LogP contribution is -2.61. The van der Waals surface area contributed by atoms with E-state index in [1.807, 2.05) is 23.1 Å². The Morgan fingerprint density at radius 3 is 2.44 bits per heavy atom. The van der Waals surface area contributed by atoms with Crippen LogP contribution in [0.2, 0.25) is 0 Å². The molecular formula is C21H27N3O3. The van der Waals surface area contributed by atoms with E-state index in [1.165, 1.54) is 10.5 Å². The van der Waals surface area contributed by atoms with Gasteiger partial charge in [0.25, 0.3) is 0 Å². The molecule has 1 aromatic rings. The highest BCUT2D eigenvalue weighted by molar-refractivity contribution is 5.98. The van der Waals surface area contributed by atoms with Crippen molar-refractivity contribution >= 4 is 17.8 Å². The first kappa shape index (κ1) is 18.0. The van der Waals surface area contributed by atoms with Crippen molar-refractivity contribution in [2.75, 3.05) is 20.6 Å². The molecule has 0 spiro atoms. The van der Waals surface area contributed by atoms with E-state index in [1.54, 1.807) is 19.0 Å². The molecule has 4 amide bonds. The molecule has 2 heterocycles. The Balaban J connectivity index is 1.59. The Hall–Kier alpha value is -2.37. The Bertz CT molecular complexity index is 783. The summed E-state index contributed by atoms with van der Waals surface area (Å²) >= 11 is 0. The first-order valence-electron chi connectivity index (χ1n) is 9.81. The molecule has 6 nitrogen and oxygen atoms in total. The molecule has 27 heavy (non-hydrogen) atoms. The Morgan fingerprint density at radius 1 is 1.11 bits per heavy atom. The van der Waals surface area contributed by atoms with Gasteiger partial charge in [0.2, 0.25) is 11.8 Å². The highest BCUT2D eigenvalue weighted by atomic mass is 16.2. The van der Waals surface area contributed by atoms with E-state index in [0.29, 0.717) is 13.0 Å². The minimum Gasteiger partial charge on any atom is -0.348 e. The molecule has 144 valence electrons. The fourth-order valence-electron chi connectivity index (χ4n) is 4.99. The van der Waals surface area contributed by atoms with Crippen molar-refractivity contribution in [3.05, 3.63) is 35.4 Å². The van der Waals surface area contributed by atoms with Crippen LogP contribution in [0.25, 0.3) is 0 Å². The maximum absolute atomic E-state index is 13.2. The number of rotatable bonds is 3. The second-order valence-electron chi connectivity index (χ2n) is 8.41. The quantitative estimate of drug-likeness (QED) is 0.822. The van der Waals surface area contributed by atoms with Crippen LogP contribution in [-0.4, -0.2) is 59.2 Å². The molecule has 2 aliphatic heterocycles. The van der Waals surface area contributed by atoms with Crippen molar-refractivity contribution in [3.8, 4) is 0 Å².